The molecule has 1 amide bonds. The fraction of sp³-hybridized carbons (Fsp3) is 0.300. The predicted molar refractivity (Wildman–Crippen MR) is 56.8 cm³/mol. The Morgan fingerprint density at radius 3 is 3.07 bits per heavy atom. The summed E-state index contributed by atoms with van der Waals surface area (Å²) in [6.07, 6.45) is 2.08. The number of amides is 1. The van der Waals surface area contributed by atoms with Crippen molar-refractivity contribution in [1.29, 1.82) is 0 Å². The van der Waals surface area contributed by atoms with E-state index in [9.17, 15) is 4.79 Å². The van der Waals surface area contributed by atoms with E-state index < -0.39 is 0 Å². The second-order valence-electron chi connectivity index (χ2n) is 2.75. The van der Waals surface area contributed by atoms with E-state index in [0.29, 0.717) is 19.6 Å². The Morgan fingerprint density at radius 2 is 2.47 bits per heavy atom. The monoisotopic (exact) mass is 229 g/mol. The zero-order valence-electron chi connectivity index (χ0n) is 8.16. The first-order valence-corrected chi connectivity index (χ1v) is 4.88. The summed E-state index contributed by atoms with van der Waals surface area (Å²) in [6.45, 7) is 4.45. The van der Waals surface area contributed by atoms with E-state index >= 15 is 0 Å². The maximum absolute atomic E-state index is 11.4. The van der Waals surface area contributed by atoms with Crippen molar-refractivity contribution in [3.8, 4) is 0 Å². The molecule has 0 aliphatic carbocycles. The molecule has 5 heteroatoms. The van der Waals surface area contributed by atoms with E-state index in [1.54, 1.807) is 0 Å². The molecule has 1 aromatic heterocycles. The highest BCUT2D eigenvalue weighted by molar-refractivity contribution is 6.29. The van der Waals surface area contributed by atoms with Crippen molar-refractivity contribution in [2.24, 2.45) is 0 Å². The molecule has 15 heavy (non-hydrogen) atoms. The molecule has 0 fully saturated rings. The van der Waals surface area contributed by atoms with Crippen molar-refractivity contribution in [2.75, 3.05) is 13.2 Å². The van der Waals surface area contributed by atoms with Crippen molar-refractivity contribution >= 4 is 17.5 Å². The van der Waals surface area contributed by atoms with Crippen LogP contribution < -0.4 is 5.32 Å². The van der Waals surface area contributed by atoms with Crippen molar-refractivity contribution in [3.63, 3.8) is 0 Å². The molecule has 0 atom stereocenters. The van der Waals surface area contributed by atoms with Crippen LogP contribution in [0.3, 0.4) is 0 Å². The summed E-state index contributed by atoms with van der Waals surface area (Å²) in [5, 5.41) is 2.87. The summed E-state index contributed by atoms with van der Waals surface area (Å²) in [5.41, 5.74) is 0. The van der Waals surface area contributed by atoms with Gasteiger partial charge in [0.05, 0.1) is 12.9 Å². The topological polar surface area (TPSA) is 51.5 Å². The van der Waals surface area contributed by atoms with Gasteiger partial charge in [-0.1, -0.05) is 6.58 Å². The van der Waals surface area contributed by atoms with Crippen molar-refractivity contribution in [1.82, 2.24) is 5.32 Å². The van der Waals surface area contributed by atoms with Gasteiger partial charge < -0.3 is 14.5 Å². The first-order chi connectivity index (χ1) is 7.24. The van der Waals surface area contributed by atoms with Crippen LogP contribution in [0.2, 0.25) is 5.22 Å². The molecule has 0 saturated carbocycles. The van der Waals surface area contributed by atoms with Gasteiger partial charge in [0.15, 0.2) is 11.0 Å². The van der Waals surface area contributed by atoms with Crippen LogP contribution in [0.5, 0.6) is 0 Å². The first kappa shape index (κ1) is 11.7. The lowest BCUT2D eigenvalue weighted by molar-refractivity contribution is 0.0923. The highest BCUT2D eigenvalue weighted by Crippen LogP contribution is 2.12. The quantitative estimate of drug-likeness (QED) is 0.601. The lowest BCUT2D eigenvalue weighted by Crippen LogP contribution is -2.24. The van der Waals surface area contributed by atoms with E-state index in [-0.39, 0.29) is 16.9 Å². The molecule has 0 saturated heterocycles. The van der Waals surface area contributed by atoms with Crippen LogP contribution in [0, 0.1) is 0 Å². The average Bonchev–Trinajstić information content (AvgIpc) is 2.64. The lowest BCUT2D eigenvalue weighted by atomic mass is 10.4. The van der Waals surface area contributed by atoms with Crippen LogP contribution in [-0.4, -0.2) is 19.1 Å². The Balaban J connectivity index is 2.22. The predicted octanol–water partition coefficient (Wildman–Crippen LogP) is 2.21. The van der Waals surface area contributed by atoms with Crippen molar-refractivity contribution in [2.45, 2.75) is 6.42 Å². The summed E-state index contributed by atoms with van der Waals surface area (Å²) in [5.74, 6) is -0.0647. The Bertz CT molecular complexity index is 335. The highest BCUT2D eigenvalue weighted by Gasteiger charge is 2.08. The minimum absolute atomic E-state index is 0.204. The standard InChI is InChI=1S/C10H12ClNO3/c1-2-14-7-3-6-12-10(13)8-4-5-9(11)15-8/h2,4-5H,1,3,6-7H2,(H,12,13). The van der Waals surface area contributed by atoms with Crippen molar-refractivity contribution < 1.29 is 13.9 Å². The molecule has 1 heterocycles. The van der Waals surface area contributed by atoms with Gasteiger partial charge in [-0.15, -0.1) is 0 Å². The van der Waals surface area contributed by atoms with Crippen LogP contribution in [0.15, 0.2) is 29.4 Å². The molecule has 1 aromatic rings. The minimum atomic E-state index is -0.277. The minimum Gasteiger partial charge on any atom is -0.502 e. The van der Waals surface area contributed by atoms with Gasteiger partial charge in [-0.2, -0.15) is 0 Å². The fourth-order valence-corrected chi connectivity index (χ4v) is 1.11. The molecule has 1 rings (SSSR count). The Labute approximate surface area is 92.9 Å². The maximum Gasteiger partial charge on any atom is 0.287 e. The van der Waals surface area contributed by atoms with Crippen LogP contribution in [0.4, 0.5) is 0 Å². The molecule has 0 aliphatic rings. The Morgan fingerprint density at radius 1 is 1.67 bits per heavy atom. The van der Waals surface area contributed by atoms with Gasteiger partial charge >= 0.3 is 0 Å². The average molecular weight is 230 g/mol. The lowest BCUT2D eigenvalue weighted by Gasteiger charge is -2.02. The van der Waals surface area contributed by atoms with E-state index in [1.165, 1.54) is 18.4 Å². The normalized spacial score (nSPS) is 9.67. The SMILES string of the molecule is C=COCCCNC(=O)c1ccc(Cl)o1. The molecule has 4 nitrogen and oxygen atoms in total. The van der Waals surface area contributed by atoms with E-state index in [2.05, 4.69) is 11.9 Å². The van der Waals surface area contributed by atoms with E-state index in [1.807, 2.05) is 0 Å². The number of nitrogens with one attached hydrogen (secondary N) is 1. The molecule has 0 unspecified atom stereocenters. The molecule has 0 spiro atoms. The molecule has 82 valence electrons. The maximum atomic E-state index is 11.4. The van der Waals surface area contributed by atoms with Gasteiger partial charge in [0.25, 0.3) is 5.91 Å². The molecule has 0 radical (unpaired) electrons. The second kappa shape index (κ2) is 6.14. The third-order valence-electron chi connectivity index (χ3n) is 1.64. The van der Waals surface area contributed by atoms with E-state index in [0.717, 1.165) is 0 Å². The van der Waals surface area contributed by atoms with Crippen LogP contribution in [-0.2, 0) is 4.74 Å². The van der Waals surface area contributed by atoms with Crippen LogP contribution in [0.25, 0.3) is 0 Å². The van der Waals surface area contributed by atoms with Gasteiger partial charge in [-0.3, -0.25) is 4.79 Å². The van der Waals surface area contributed by atoms with Gasteiger partial charge in [0.1, 0.15) is 0 Å². The van der Waals surface area contributed by atoms with Gasteiger partial charge in [-0.25, -0.2) is 0 Å². The third kappa shape index (κ3) is 4.08. The van der Waals surface area contributed by atoms with E-state index in [4.69, 9.17) is 20.8 Å². The van der Waals surface area contributed by atoms with Crippen molar-refractivity contribution in [3.05, 3.63) is 36.0 Å². The zero-order chi connectivity index (χ0) is 11.1. The molecular formula is C10H12ClNO3. The number of halogens is 1. The number of carbonyl (C=O) groups is 1. The summed E-state index contributed by atoms with van der Waals surface area (Å²) in [6, 6.07) is 3.05. The summed E-state index contributed by atoms with van der Waals surface area (Å²) in [7, 11) is 0. The Kier molecular flexibility index (Phi) is 4.77. The highest BCUT2D eigenvalue weighted by atomic mass is 35.5. The Hall–Kier alpha value is -1.42. The molecule has 0 bridgehead atoms. The fourth-order valence-electron chi connectivity index (χ4n) is 0.964. The number of furan rings is 1. The summed E-state index contributed by atoms with van der Waals surface area (Å²) >= 11 is 5.53. The molecule has 0 aliphatic heterocycles. The van der Waals surface area contributed by atoms with Gasteiger partial charge in [0, 0.05) is 6.54 Å². The number of hydrogen-bond acceptors (Lipinski definition) is 3. The molecular weight excluding hydrogens is 218 g/mol. The largest absolute Gasteiger partial charge is 0.502 e. The second-order valence-corrected chi connectivity index (χ2v) is 3.12. The number of hydrogen-bond donors (Lipinski definition) is 1. The van der Waals surface area contributed by atoms with Crippen LogP contribution >= 0.6 is 11.6 Å². The van der Waals surface area contributed by atoms with Gasteiger partial charge in [0.2, 0.25) is 0 Å². The first-order valence-electron chi connectivity index (χ1n) is 4.50. The number of ether oxygens (including phenoxy) is 1. The number of carbonyl (C=O) groups excluding carboxylic acids is 1. The third-order valence-corrected chi connectivity index (χ3v) is 1.84. The smallest absolute Gasteiger partial charge is 0.287 e. The molecule has 1 N–H and O–H groups in total. The zero-order valence-corrected chi connectivity index (χ0v) is 8.92. The van der Waals surface area contributed by atoms with Gasteiger partial charge in [-0.05, 0) is 30.2 Å². The molecule has 0 aromatic carbocycles. The summed E-state index contributed by atoms with van der Waals surface area (Å²) in [4.78, 5) is 11.4. The van der Waals surface area contributed by atoms with Crippen LogP contribution in [0.1, 0.15) is 17.0 Å². The number of rotatable bonds is 6. The summed E-state index contributed by atoms with van der Waals surface area (Å²) < 4.78 is 9.82.